The molecule has 0 aliphatic heterocycles. The molecule has 0 amide bonds. The molecule has 0 heterocycles. The first-order valence-corrected chi connectivity index (χ1v) is 8.72. The van der Waals surface area contributed by atoms with Crippen LogP contribution in [0.15, 0.2) is 30.3 Å². The molecule has 2 heteroatoms. The summed E-state index contributed by atoms with van der Waals surface area (Å²) >= 11 is 0. The summed E-state index contributed by atoms with van der Waals surface area (Å²) in [5, 5.41) is 1.40. The van der Waals surface area contributed by atoms with Gasteiger partial charge in [0.05, 0.1) is 8.07 Å². The molecule has 0 bridgehead atoms. The number of hydrogen-bond donors (Lipinski definition) is 0. The van der Waals surface area contributed by atoms with Gasteiger partial charge in [-0.3, -0.25) is 0 Å². The molecule has 0 spiro atoms. The minimum atomic E-state index is -0.977. The Labute approximate surface area is 77.4 Å². The van der Waals surface area contributed by atoms with Crippen LogP contribution in [0.3, 0.4) is 0 Å². The van der Waals surface area contributed by atoms with Crippen molar-refractivity contribution in [3.05, 3.63) is 30.3 Å². The Bertz CT molecular complexity index is 259. The lowest BCUT2D eigenvalue weighted by Crippen LogP contribution is -2.21. The molecule has 0 fully saturated rings. The second kappa shape index (κ2) is 4.02. The maximum absolute atomic E-state index is 2.46. The normalized spacial score (nSPS) is 12.2. The van der Waals surface area contributed by atoms with E-state index in [4.69, 9.17) is 0 Å². The van der Waals surface area contributed by atoms with E-state index < -0.39 is 8.07 Å². The molecule has 0 unspecified atom stereocenters. The van der Waals surface area contributed by atoms with Crippen molar-refractivity contribution in [3.8, 4) is 0 Å². The topological polar surface area (TPSA) is 0 Å². The van der Waals surface area contributed by atoms with E-state index in [9.17, 15) is 0 Å². The zero-order valence-corrected chi connectivity index (χ0v) is 9.81. The molecule has 0 saturated carbocycles. The zero-order chi connectivity index (χ0) is 9.03. The first-order chi connectivity index (χ1) is 5.58. The fourth-order valence-electron chi connectivity index (χ4n) is 0.782. The van der Waals surface area contributed by atoms with Crippen LogP contribution in [0.25, 0.3) is 0 Å². The smallest absolute Gasteiger partial charge is 0.0741 e. The SMILES string of the molecule is C[Si](C)(C)C=Pc1ccccc1. The molecule has 64 valence electrons. The van der Waals surface area contributed by atoms with E-state index in [0.29, 0.717) is 0 Å². The number of benzene rings is 1. The van der Waals surface area contributed by atoms with Crippen molar-refractivity contribution in [3.63, 3.8) is 0 Å². The van der Waals surface area contributed by atoms with Crippen molar-refractivity contribution in [2.45, 2.75) is 19.6 Å². The van der Waals surface area contributed by atoms with Crippen LogP contribution in [-0.4, -0.2) is 13.5 Å². The van der Waals surface area contributed by atoms with Crippen LogP contribution in [0.2, 0.25) is 19.6 Å². The van der Waals surface area contributed by atoms with E-state index in [1.54, 1.807) is 0 Å². The second-order valence-corrected chi connectivity index (χ2v) is 10.5. The fourth-order valence-corrected chi connectivity index (χ4v) is 3.27. The zero-order valence-electron chi connectivity index (χ0n) is 7.91. The highest BCUT2D eigenvalue weighted by atomic mass is 31.1. The van der Waals surface area contributed by atoms with Gasteiger partial charge in [0, 0.05) is 5.30 Å². The van der Waals surface area contributed by atoms with Crippen molar-refractivity contribution in [2.75, 3.05) is 0 Å². The van der Waals surface area contributed by atoms with Crippen LogP contribution >= 0.6 is 8.20 Å². The Morgan fingerprint density at radius 3 is 2.17 bits per heavy atom. The molecule has 0 aliphatic rings. The Hall–Kier alpha value is -0.393. The Morgan fingerprint density at radius 1 is 1.08 bits per heavy atom. The Morgan fingerprint density at radius 2 is 1.67 bits per heavy atom. The molecule has 1 aromatic carbocycles. The molecular formula is C10H15PSi. The second-order valence-electron chi connectivity index (χ2n) is 3.96. The Balaban J connectivity index is 2.71. The van der Waals surface area contributed by atoms with E-state index in [-0.39, 0.29) is 0 Å². The highest BCUT2D eigenvalue weighted by Crippen LogP contribution is 2.03. The van der Waals surface area contributed by atoms with Crippen LogP contribution < -0.4 is 5.30 Å². The van der Waals surface area contributed by atoms with Crippen molar-refractivity contribution < 1.29 is 0 Å². The van der Waals surface area contributed by atoms with Gasteiger partial charge in [0.1, 0.15) is 0 Å². The third-order valence-corrected chi connectivity index (χ3v) is 5.57. The minimum absolute atomic E-state index is 0.977. The fraction of sp³-hybridized carbons (Fsp3) is 0.300. The van der Waals surface area contributed by atoms with Crippen LogP contribution in [-0.2, 0) is 0 Å². The molecule has 1 rings (SSSR count). The van der Waals surface area contributed by atoms with Crippen molar-refractivity contribution in [1.29, 1.82) is 0 Å². The molecule has 1 aromatic rings. The van der Waals surface area contributed by atoms with Crippen LogP contribution in [0.1, 0.15) is 0 Å². The monoisotopic (exact) mass is 194 g/mol. The summed E-state index contributed by atoms with van der Waals surface area (Å²) in [4.78, 5) is 0. The highest BCUT2D eigenvalue weighted by molar-refractivity contribution is 7.54. The van der Waals surface area contributed by atoms with Gasteiger partial charge in [-0.15, -0.1) is 0 Å². The van der Waals surface area contributed by atoms with Crippen LogP contribution in [0, 0.1) is 0 Å². The van der Waals surface area contributed by atoms with Gasteiger partial charge in [0.25, 0.3) is 0 Å². The molecule has 0 nitrogen and oxygen atoms in total. The van der Waals surface area contributed by atoms with E-state index in [2.05, 4.69) is 55.4 Å². The van der Waals surface area contributed by atoms with Crippen LogP contribution in [0.5, 0.6) is 0 Å². The lowest BCUT2D eigenvalue weighted by Gasteiger charge is -2.06. The molecular weight excluding hydrogens is 179 g/mol. The first-order valence-electron chi connectivity index (χ1n) is 4.18. The maximum atomic E-state index is 2.46. The quantitative estimate of drug-likeness (QED) is 0.501. The first kappa shape index (κ1) is 9.69. The van der Waals surface area contributed by atoms with Gasteiger partial charge in [0.2, 0.25) is 0 Å². The molecule has 0 aliphatic carbocycles. The average Bonchev–Trinajstić information content (AvgIpc) is 2.02. The van der Waals surface area contributed by atoms with Gasteiger partial charge >= 0.3 is 0 Å². The van der Waals surface area contributed by atoms with E-state index in [1.807, 2.05) is 0 Å². The summed E-state index contributed by atoms with van der Waals surface area (Å²) in [7, 11) is 0.401. The van der Waals surface area contributed by atoms with Gasteiger partial charge in [0.15, 0.2) is 0 Å². The summed E-state index contributed by atoms with van der Waals surface area (Å²) in [6.45, 7) is 7.09. The van der Waals surface area contributed by atoms with Gasteiger partial charge < -0.3 is 0 Å². The standard InChI is InChI=1S/C10H15PSi/c1-12(2,3)9-11-10-7-5-4-6-8-10/h4-9H,1-3H3. The summed E-state index contributed by atoms with van der Waals surface area (Å²) in [5.74, 6) is 0. The van der Waals surface area contributed by atoms with Crippen molar-refractivity contribution in [1.82, 2.24) is 0 Å². The molecule has 0 saturated heterocycles. The van der Waals surface area contributed by atoms with Crippen LogP contribution in [0.4, 0.5) is 0 Å². The lowest BCUT2D eigenvalue weighted by atomic mass is 10.4. The minimum Gasteiger partial charge on any atom is -0.0772 e. The lowest BCUT2D eigenvalue weighted by molar-refractivity contribution is 1.78. The van der Waals surface area contributed by atoms with Crippen molar-refractivity contribution >= 4 is 27.0 Å². The molecule has 0 aromatic heterocycles. The number of rotatable bonds is 2. The largest absolute Gasteiger partial charge is 0.0772 e. The van der Waals surface area contributed by atoms with Gasteiger partial charge in [-0.25, -0.2) is 0 Å². The summed E-state index contributed by atoms with van der Waals surface area (Å²) in [5.41, 5.74) is 2.46. The summed E-state index contributed by atoms with van der Waals surface area (Å²) in [6, 6.07) is 10.6. The van der Waals surface area contributed by atoms with Gasteiger partial charge in [-0.05, 0) is 0 Å². The highest BCUT2D eigenvalue weighted by Gasteiger charge is 2.06. The predicted octanol–water partition coefficient (Wildman–Crippen LogP) is 2.94. The molecule has 0 radical (unpaired) electrons. The third-order valence-electron chi connectivity index (χ3n) is 1.36. The van der Waals surface area contributed by atoms with E-state index >= 15 is 0 Å². The molecule has 0 atom stereocenters. The van der Waals surface area contributed by atoms with Gasteiger partial charge in [-0.1, -0.05) is 63.6 Å². The maximum Gasteiger partial charge on any atom is 0.0741 e. The van der Waals surface area contributed by atoms with Gasteiger partial charge in [-0.2, -0.15) is 0 Å². The Kier molecular flexibility index (Phi) is 3.25. The van der Waals surface area contributed by atoms with E-state index in [0.717, 1.165) is 0 Å². The molecule has 12 heavy (non-hydrogen) atoms. The predicted molar refractivity (Wildman–Crippen MR) is 62.4 cm³/mol. The summed E-state index contributed by atoms with van der Waals surface area (Å²) in [6.07, 6.45) is 0. The average molecular weight is 194 g/mol. The third kappa shape index (κ3) is 3.84. The molecule has 0 N–H and O–H groups in total. The van der Waals surface area contributed by atoms with E-state index in [1.165, 1.54) is 13.5 Å². The summed E-state index contributed by atoms with van der Waals surface area (Å²) < 4.78 is 0. The van der Waals surface area contributed by atoms with Crippen molar-refractivity contribution in [2.24, 2.45) is 0 Å². The number of hydrogen-bond acceptors (Lipinski definition) is 0.